The van der Waals surface area contributed by atoms with E-state index in [1.165, 1.54) is 0 Å². The Balaban J connectivity index is 1.91. The lowest BCUT2D eigenvalue weighted by molar-refractivity contribution is 0.564. The molecular weight excluding hydrogens is 250 g/mol. The van der Waals surface area contributed by atoms with Crippen LogP contribution in [0.1, 0.15) is 18.4 Å². The molecule has 0 amide bonds. The fourth-order valence-corrected chi connectivity index (χ4v) is 3.25. The summed E-state index contributed by atoms with van der Waals surface area (Å²) in [6.45, 7) is 3.36. The second-order valence-electron chi connectivity index (χ2n) is 4.59. The third-order valence-corrected chi connectivity index (χ3v) is 4.96. The number of benzene rings is 1. The van der Waals surface area contributed by atoms with E-state index >= 15 is 0 Å². The van der Waals surface area contributed by atoms with Gasteiger partial charge in [0.05, 0.1) is 0 Å². The van der Waals surface area contributed by atoms with Crippen molar-refractivity contribution in [3.63, 3.8) is 0 Å². The molecule has 1 aromatic carbocycles. The monoisotopic (exact) mass is 269 g/mol. The van der Waals surface area contributed by atoms with E-state index in [1.807, 2.05) is 37.3 Å². The van der Waals surface area contributed by atoms with E-state index < -0.39 is 10.0 Å². The Bertz CT molecular complexity index is 469. The summed E-state index contributed by atoms with van der Waals surface area (Å²) >= 11 is 0. The lowest BCUT2D eigenvalue weighted by atomic mass is 10.0. The summed E-state index contributed by atoms with van der Waals surface area (Å²) in [6.07, 6.45) is 0. The molecule has 1 aromatic rings. The lowest BCUT2D eigenvalue weighted by Crippen LogP contribution is -2.39. The zero-order valence-corrected chi connectivity index (χ0v) is 11.2. The molecule has 0 bridgehead atoms. The molecule has 100 valence electrons. The number of hydrogen-bond donors (Lipinski definition) is 3. The molecule has 5 nitrogen and oxygen atoms in total. The summed E-state index contributed by atoms with van der Waals surface area (Å²) in [5.74, 6) is 0.170. The second-order valence-corrected chi connectivity index (χ2v) is 6.63. The lowest BCUT2D eigenvalue weighted by Gasteiger charge is -2.15. The first kappa shape index (κ1) is 13.5. The van der Waals surface area contributed by atoms with Crippen LogP contribution in [0.2, 0.25) is 0 Å². The van der Waals surface area contributed by atoms with Gasteiger partial charge in [-0.3, -0.25) is 10.9 Å². The minimum absolute atomic E-state index is 0.170. The van der Waals surface area contributed by atoms with Crippen LogP contribution in [0.3, 0.4) is 0 Å². The number of nitrogens with one attached hydrogen (secondary N) is 3. The van der Waals surface area contributed by atoms with Crippen LogP contribution in [-0.4, -0.2) is 33.3 Å². The normalized spacial score (nSPS) is 18.9. The molecule has 1 heterocycles. The molecule has 1 unspecified atom stereocenters. The van der Waals surface area contributed by atoms with Crippen molar-refractivity contribution < 1.29 is 8.42 Å². The minimum Gasteiger partial charge on any atom is -0.256 e. The van der Waals surface area contributed by atoms with Crippen LogP contribution in [0.5, 0.6) is 0 Å². The molecule has 1 saturated heterocycles. The van der Waals surface area contributed by atoms with Crippen molar-refractivity contribution in [3.05, 3.63) is 35.9 Å². The van der Waals surface area contributed by atoms with E-state index in [2.05, 4.69) is 15.6 Å². The molecule has 0 radical (unpaired) electrons. The average Bonchev–Trinajstić information content (AvgIpc) is 2.92. The van der Waals surface area contributed by atoms with Crippen LogP contribution in [0.4, 0.5) is 0 Å². The van der Waals surface area contributed by atoms with Crippen molar-refractivity contribution in [2.45, 2.75) is 18.1 Å². The molecule has 0 saturated carbocycles. The largest absolute Gasteiger partial charge is 0.256 e. The van der Waals surface area contributed by atoms with Crippen LogP contribution in [0.25, 0.3) is 0 Å². The third-order valence-electron chi connectivity index (χ3n) is 3.18. The van der Waals surface area contributed by atoms with Gasteiger partial charge in [0.1, 0.15) is 5.25 Å². The van der Waals surface area contributed by atoms with Gasteiger partial charge < -0.3 is 0 Å². The van der Waals surface area contributed by atoms with Gasteiger partial charge in [0.25, 0.3) is 0 Å². The van der Waals surface area contributed by atoms with Gasteiger partial charge in [0, 0.05) is 19.6 Å². The first-order valence-corrected chi connectivity index (χ1v) is 7.63. The zero-order chi connectivity index (χ0) is 13.0. The molecule has 1 aliphatic rings. The van der Waals surface area contributed by atoms with Crippen LogP contribution in [0, 0.1) is 0 Å². The van der Waals surface area contributed by atoms with Crippen LogP contribution >= 0.6 is 0 Å². The fraction of sp³-hybridized carbons (Fsp3) is 0.500. The van der Waals surface area contributed by atoms with Crippen molar-refractivity contribution in [1.82, 2.24) is 15.6 Å². The summed E-state index contributed by atoms with van der Waals surface area (Å²) in [5, 5.41) is -0.388. The maximum absolute atomic E-state index is 12.0. The van der Waals surface area contributed by atoms with E-state index in [9.17, 15) is 8.42 Å². The zero-order valence-electron chi connectivity index (χ0n) is 10.4. The predicted molar refractivity (Wildman–Crippen MR) is 71.6 cm³/mol. The Morgan fingerprint density at radius 1 is 1.28 bits per heavy atom. The molecule has 0 aromatic heterocycles. The Hall–Kier alpha value is -0.950. The Labute approximate surface area is 108 Å². The van der Waals surface area contributed by atoms with E-state index in [0.717, 1.165) is 5.56 Å². The number of sulfonamides is 1. The quantitative estimate of drug-likeness (QED) is 0.713. The van der Waals surface area contributed by atoms with Gasteiger partial charge in [-0.1, -0.05) is 37.3 Å². The summed E-state index contributed by atoms with van der Waals surface area (Å²) < 4.78 is 26.6. The van der Waals surface area contributed by atoms with E-state index in [1.54, 1.807) is 0 Å². The van der Waals surface area contributed by atoms with Crippen molar-refractivity contribution in [3.8, 4) is 0 Å². The van der Waals surface area contributed by atoms with Gasteiger partial charge in [-0.2, -0.15) is 0 Å². The highest BCUT2D eigenvalue weighted by atomic mass is 32.2. The van der Waals surface area contributed by atoms with Crippen LogP contribution in [-0.2, 0) is 10.0 Å². The molecule has 0 spiro atoms. The number of hydrazine groups is 1. The molecule has 18 heavy (non-hydrogen) atoms. The first-order chi connectivity index (χ1) is 8.59. The third kappa shape index (κ3) is 3.29. The summed E-state index contributed by atoms with van der Waals surface area (Å²) in [6, 6.07) is 9.90. The molecule has 0 aliphatic carbocycles. The molecular formula is C12H19N3O2S. The molecule has 1 aliphatic heterocycles. The van der Waals surface area contributed by atoms with E-state index in [0.29, 0.717) is 19.6 Å². The smallest absolute Gasteiger partial charge is 0.217 e. The van der Waals surface area contributed by atoms with Gasteiger partial charge in [0.15, 0.2) is 0 Å². The van der Waals surface area contributed by atoms with Crippen molar-refractivity contribution >= 4 is 10.0 Å². The Morgan fingerprint density at radius 2 is 1.89 bits per heavy atom. The first-order valence-electron chi connectivity index (χ1n) is 6.09. The van der Waals surface area contributed by atoms with Crippen molar-refractivity contribution in [2.24, 2.45) is 0 Å². The summed E-state index contributed by atoms with van der Waals surface area (Å²) in [7, 11) is -3.24. The number of rotatable bonds is 5. The molecule has 1 atom stereocenters. The van der Waals surface area contributed by atoms with Crippen LogP contribution in [0.15, 0.2) is 30.3 Å². The Morgan fingerprint density at radius 3 is 2.50 bits per heavy atom. The van der Waals surface area contributed by atoms with Gasteiger partial charge in [-0.25, -0.2) is 13.1 Å². The van der Waals surface area contributed by atoms with Crippen molar-refractivity contribution in [1.29, 1.82) is 0 Å². The standard InChI is InChI=1S/C12H19N3O2S/c1-10(11-5-3-2-4-6-11)7-15-18(16,17)12-8-13-14-9-12/h2-6,10,12-15H,7-9H2,1H3. The van der Waals surface area contributed by atoms with Gasteiger partial charge in [-0.05, 0) is 11.5 Å². The second kappa shape index (κ2) is 5.79. The maximum atomic E-state index is 12.0. The van der Waals surface area contributed by atoms with Gasteiger partial charge in [-0.15, -0.1) is 0 Å². The number of hydrogen-bond acceptors (Lipinski definition) is 4. The highest BCUT2D eigenvalue weighted by molar-refractivity contribution is 7.90. The molecule has 6 heteroatoms. The SMILES string of the molecule is CC(CNS(=O)(=O)C1CNNC1)c1ccccc1. The summed E-state index contributed by atoms with van der Waals surface area (Å²) in [5.41, 5.74) is 6.80. The fourth-order valence-electron chi connectivity index (χ4n) is 1.92. The maximum Gasteiger partial charge on any atom is 0.217 e. The van der Waals surface area contributed by atoms with Crippen molar-refractivity contribution in [2.75, 3.05) is 19.6 Å². The minimum atomic E-state index is -3.24. The highest BCUT2D eigenvalue weighted by Crippen LogP contribution is 2.14. The molecule has 3 N–H and O–H groups in total. The highest BCUT2D eigenvalue weighted by Gasteiger charge is 2.28. The summed E-state index contributed by atoms with van der Waals surface area (Å²) in [4.78, 5) is 0. The van der Waals surface area contributed by atoms with Gasteiger partial charge in [0.2, 0.25) is 10.0 Å². The van der Waals surface area contributed by atoms with E-state index in [-0.39, 0.29) is 11.2 Å². The van der Waals surface area contributed by atoms with Crippen LogP contribution < -0.4 is 15.6 Å². The molecule has 2 rings (SSSR count). The Kier molecular flexibility index (Phi) is 4.34. The van der Waals surface area contributed by atoms with E-state index in [4.69, 9.17) is 0 Å². The predicted octanol–water partition coefficient (Wildman–Crippen LogP) is 0.186. The topological polar surface area (TPSA) is 70.2 Å². The molecule has 1 fully saturated rings. The van der Waals surface area contributed by atoms with Gasteiger partial charge >= 0.3 is 0 Å². The average molecular weight is 269 g/mol.